The fraction of sp³-hybridized carbons (Fsp3) is 0.364. The molecule has 3 aromatic rings. The van der Waals surface area contributed by atoms with Crippen LogP contribution in [0.1, 0.15) is 47.5 Å². The van der Waals surface area contributed by atoms with Gasteiger partial charge >= 0.3 is 0 Å². The predicted molar refractivity (Wildman–Crippen MR) is 110 cm³/mol. The zero-order valence-electron chi connectivity index (χ0n) is 16.4. The summed E-state index contributed by atoms with van der Waals surface area (Å²) in [5, 5.41) is 4.60. The van der Waals surface area contributed by atoms with Crippen LogP contribution in [-0.4, -0.2) is 17.1 Å². The van der Waals surface area contributed by atoms with Crippen LogP contribution in [0.15, 0.2) is 24.3 Å². The third kappa shape index (κ3) is 3.18. The van der Waals surface area contributed by atoms with Gasteiger partial charge in [-0.2, -0.15) is 0 Å². The highest BCUT2D eigenvalue weighted by Gasteiger charge is 2.22. The maximum atomic E-state index is 6.03. The highest BCUT2D eigenvalue weighted by molar-refractivity contribution is 5.94. The zero-order chi connectivity index (χ0) is 19.1. The number of rotatable bonds is 4. The Morgan fingerprint density at radius 2 is 1.85 bits per heavy atom. The van der Waals surface area contributed by atoms with Crippen molar-refractivity contribution in [2.45, 2.75) is 46.1 Å². The molecule has 0 fully saturated rings. The third-order valence-corrected chi connectivity index (χ3v) is 5.33. The number of ether oxygens (including phenoxy) is 1. The highest BCUT2D eigenvalue weighted by atomic mass is 16.5. The monoisotopic (exact) mass is 362 g/mol. The Kier molecular flexibility index (Phi) is 4.38. The molecule has 0 radical (unpaired) electrons. The molecule has 1 heterocycles. The molecule has 0 spiro atoms. The molecule has 2 aromatic carbocycles. The molecule has 4 rings (SSSR count). The summed E-state index contributed by atoms with van der Waals surface area (Å²) in [6, 6.07) is 8.30. The van der Waals surface area contributed by atoms with Gasteiger partial charge in [-0.1, -0.05) is 6.07 Å². The predicted octanol–water partition coefficient (Wildman–Crippen LogP) is 4.50. The molecule has 27 heavy (non-hydrogen) atoms. The summed E-state index contributed by atoms with van der Waals surface area (Å²) < 4.78 is 5.67. The Morgan fingerprint density at radius 1 is 1.07 bits per heavy atom. The van der Waals surface area contributed by atoms with E-state index >= 15 is 0 Å². The maximum absolute atomic E-state index is 6.03. The number of benzene rings is 2. The summed E-state index contributed by atoms with van der Waals surface area (Å²) in [4.78, 5) is 9.47. The van der Waals surface area contributed by atoms with Crippen LogP contribution in [0, 0.1) is 13.8 Å². The van der Waals surface area contributed by atoms with E-state index in [9.17, 15) is 0 Å². The Balaban J connectivity index is 1.81. The van der Waals surface area contributed by atoms with Crippen LogP contribution in [0.2, 0.25) is 0 Å². The number of aromatic nitrogens is 2. The molecule has 140 valence electrons. The molecule has 1 aromatic heterocycles. The van der Waals surface area contributed by atoms with Crippen LogP contribution in [0.25, 0.3) is 10.9 Å². The van der Waals surface area contributed by atoms with Crippen molar-refractivity contribution in [1.29, 1.82) is 0 Å². The smallest absolute Gasteiger partial charge is 0.138 e. The first-order chi connectivity index (χ1) is 13.0. The lowest BCUT2D eigenvalue weighted by molar-refractivity contribution is 0.411. The summed E-state index contributed by atoms with van der Waals surface area (Å²) in [7, 11) is 1.74. The van der Waals surface area contributed by atoms with E-state index in [0.29, 0.717) is 0 Å². The largest absolute Gasteiger partial charge is 0.496 e. The SMILES string of the molecule is COc1cc2c(N[C@H](C)c3cc(C)cc(N)c3)nc(C)nc2c2c1CCC2. The van der Waals surface area contributed by atoms with Crippen molar-refractivity contribution < 1.29 is 4.74 Å². The van der Waals surface area contributed by atoms with E-state index in [1.54, 1.807) is 7.11 Å². The summed E-state index contributed by atoms with van der Waals surface area (Å²) >= 11 is 0. The lowest BCUT2D eigenvalue weighted by Crippen LogP contribution is -2.11. The normalized spacial score (nSPS) is 14.2. The Hall–Kier alpha value is -2.82. The second kappa shape index (κ2) is 6.72. The van der Waals surface area contributed by atoms with Crippen LogP contribution >= 0.6 is 0 Å². The van der Waals surface area contributed by atoms with Gasteiger partial charge in [0.05, 0.1) is 18.7 Å². The van der Waals surface area contributed by atoms with Gasteiger partial charge in [-0.05, 0) is 80.5 Å². The summed E-state index contributed by atoms with van der Waals surface area (Å²) in [6.45, 7) is 6.14. The minimum atomic E-state index is 0.0731. The van der Waals surface area contributed by atoms with Crippen LogP contribution < -0.4 is 15.8 Å². The van der Waals surface area contributed by atoms with Crippen LogP contribution in [0.4, 0.5) is 11.5 Å². The van der Waals surface area contributed by atoms with Crippen LogP contribution in [0.5, 0.6) is 5.75 Å². The van der Waals surface area contributed by atoms with E-state index in [-0.39, 0.29) is 6.04 Å². The number of anilines is 2. The average Bonchev–Trinajstić information content (AvgIpc) is 3.10. The summed E-state index contributed by atoms with van der Waals surface area (Å²) in [5.74, 6) is 2.57. The van der Waals surface area contributed by atoms with Gasteiger partial charge in [0.2, 0.25) is 0 Å². The molecule has 0 bridgehead atoms. The van der Waals surface area contributed by atoms with Crippen molar-refractivity contribution in [3.05, 3.63) is 52.3 Å². The fourth-order valence-electron chi connectivity index (χ4n) is 4.12. The number of hydrogen-bond donors (Lipinski definition) is 2. The molecule has 5 nitrogen and oxygen atoms in total. The second-order valence-corrected chi connectivity index (χ2v) is 7.45. The molecule has 1 atom stereocenters. The molecule has 5 heteroatoms. The van der Waals surface area contributed by atoms with E-state index in [1.807, 2.05) is 19.1 Å². The van der Waals surface area contributed by atoms with Gasteiger partial charge in [0, 0.05) is 11.1 Å². The second-order valence-electron chi connectivity index (χ2n) is 7.45. The van der Waals surface area contributed by atoms with E-state index in [1.165, 1.54) is 11.1 Å². The molecule has 0 unspecified atom stereocenters. The van der Waals surface area contributed by atoms with Crippen LogP contribution in [0.3, 0.4) is 0 Å². The van der Waals surface area contributed by atoms with Gasteiger partial charge in [-0.15, -0.1) is 0 Å². The third-order valence-electron chi connectivity index (χ3n) is 5.33. The Bertz CT molecular complexity index is 1010. The van der Waals surface area contributed by atoms with Gasteiger partial charge in [0.15, 0.2) is 0 Å². The van der Waals surface area contributed by atoms with Crippen molar-refractivity contribution in [3.63, 3.8) is 0 Å². The zero-order valence-corrected chi connectivity index (χ0v) is 16.4. The number of nitrogens with zero attached hydrogens (tertiary/aromatic N) is 2. The average molecular weight is 362 g/mol. The Morgan fingerprint density at radius 3 is 2.59 bits per heavy atom. The van der Waals surface area contributed by atoms with Crippen LogP contribution in [-0.2, 0) is 12.8 Å². The van der Waals surface area contributed by atoms with Crippen molar-refractivity contribution in [2.75, 3.05) is 18.2 Å². The number of hydrogen-bond acceptors (Lipinski definition) is 5. The lowest BCUT2D eigenvalue weighted by atomic mass is 10.0. The molecule has 0 saturated carbocycles. The molecular formula is C22H26N4O. The summed E-state index contributed by atoms with van der Waals surface area (Å²) in [5.41, 5.74) is 12.8. The molecule has 0 saturated heterocycles. The molecule has 3 N–H and O–H groups in total. The van der Waals surface area contributed by atoms with Crippen molar-refractivity contribution >= 4 is 22.4 Å². The number of nitrogens with two attached hydrogens (primary N) is 1. The van der Waals surface area contributed by atoms with Crippen molar-refractivity contribution in [1.82, 2.24) is 9.97 Å². The van der Waals surface area contributed by atoms with Crippen molar-refractivity contribution in [3.8, 4) is 5.75 Å². The quantitative estimate of drug-likeness (QED) is 0.669. The number of methoxy groups -OCH3 is 1. The fourth-order valence-corrected chi connectivity index (χ4v) is 4.12. The van der Waals surface area contributed by atoms with E-state index in [4.69, 9.17) is 20.4 Å². The topological polar surface area (TPSA) is 73.1 Å². The minimum absolute atomic E-state index is 0.0731. The number of fused-ring (bicyclic) bond motifs is 3. The molecule has 1 aliphatic carbocycles. The number of aryl methyl sites for hydroxylation is 3. The first kappa shape index (κ1) is 17.6. The van der Waals surface area contributed by atoms with Gasteiger partial charge < -0.3 is 15.8 Å². The molecular weight excluding hydrogens is 336 g/mol. The van der Waals surface area contributed by atoms with Gasteiger partial charge in [0.1, 0.15) is 17.4 Å². The summed E-state index contributed by atoms with van der Waals surface area (Å²) in [6.07, 6.45) is 3.25. The molecule has 0 amide bonds. The van der Waals surface area contributed by atoms with Gasteiger partial charge in [0.25, 0.3) is 0 Å². The first-order valence-corrected chi connectivity index (χ1v) is 9.47. The standard InChI is InChI=1S/C22H26N4O/c1-12-8-15(10-16(23)9-12)13(2)24-22-19-11-20(27-4)17-6-5-7-18(17)21(19)25-14(3)26-22/h8-11,13H,5-7,23H2,1-4H3,(H,24,25,26)/t13-/m1/s1. The molecule has 1 aliphatic rings. The van der Waals surface area contributed by atoms with E-state index in [2.05, 4.69) is 31.3 Å². The number of nitrogen functional groups attached to an aromatic ring is 1. The maximum Gasteiger partial charge on any atom is 0.138 e. The van der Waals surface area contributed by atoms with E-state index < -0.39 is 0 Å². The lowest BCUT2D eigenvalue weighted by Gasteiger charge is -2.19. The van der Waals surface area contributed by atoms with E-state index in [0.717, 1.165) is 64.4 Å². The number of nitrogens with one attached hydrogen (secondary N) is 1. The highest BCUT2D eigenvalue weighted by Crippen LogP contribution is 2.38. The molecule has 0 aliphatic heterocycles. The van der Waals surface area contributed by atoms with Crippen molar-refractivity contribution in [2.24, 2.45) is 0 Å². The minimum Gasteiger partial charge on any atom is -0.496 e. The Labute approximate surface area is 160 Å². The van der Waals surface area contributed by atoms with Gasteiger partial charge in [-0.3, -0.25) is 0 Å². The van der Waals surface area contributed by atoms with Gasteiger partial charge in [-0.25, -0.2) is 9.97 Å². The first-order valence-electron chi connectivity index (χ1n) is 9.47.